The average Bonchev–Trinajstić information content (AvgIpc) is 2.93. The fraction of sp³-hybridized carbons (Fsp3) is 0.407. The summed E-state index contributed by atoms with van der Waals surface area (Å²) >= 11 is 0. The van der Waals surface area contributed by atoms with Crippen LogP contribution in [0, 0.1) is 5.92 Å². The molecule has 39 heavy (non-hydrogen) atoms. The lowest BCUT2D eigenvalue weighted by Gasteiger charge is -2.28. The van der Waals surface area contributed by atoms with Crippen LogP contribution in [0.5, 0.6) is 0 Å². The van der Waals surface area contributed by atoms with Crippen LogP contribution >= 0.6 is 0 Å². The van der Waals surface area contributed by atoms with Gasteiger partial charge < -0.3 is 32.5 Å². The van der Waals surface area contributed by atoms with E-state index < -0.39 is 41.8 Å². The van der Waals surface area contributed by atoms with Gasteiger partial charge in [0, 0.05) is 25.4 Å². The number of nitrogens with one attached hydrogen (secondary N) is 3. The zero-order valence-electron chi connectivity index (χ0n) is 22.2. The topological polar surface area (TPSA) is 202 Å². The van der Waals surface area contributed by atoms with E-state index in [9.17, 15) is 24.3 Å². The molecular weight excluding hydrogens is 502 g/mol. The molecule has 8 N–H and O–H groups in total. The van der Waals surface area contributed by atoms with E-state index in [4.69, 9.17) is 11.5 Å². The molecule has 2 aromatic rings. The van der Waals surface area contributed by atoms with Crippen LogP contribution in [0.1, 0.15) is 49.0 Å². The van der Waals surface area contributed by atoms with Gasteiger partial charge in [-0.2, -0.15) is 0 Å². The number of carboxylic acid groups (broad SMARTS) is 1. The average molecular weight is 540 g/mol. The van der Waals surface area contributed by atoms with Crippen molar-refractivity contribution >= 4 is 29.7 Å². The van der Waals surface area contributed by atoms with Crippen molar-refractivity contribution in [3.05, 3.63) is 66.0 Å². The number of amides is 3. The number of nitrogens with two attached hydrogens (primary N) is 2. The highest BCUT2D eigenvalue weighted by molar-refractivity contribution is 5.98. The standard InChI is InChI=1S/C27H37N7O5/c1-3-17(2)22(25(37)32-20(26(38)39)12-8-14-31-27(28)29)34-24(36)21(15-18-9-5-4-6-10-18)33-23(35)19-11-7-13-30-16-19/h4-7,9-11,13,16-17,20-22H,3,8,12,14-15H2,1-2H3,(H,32,37)(H,33,35)(H,34,36)(H,38,39)(H4,28,29,31)/t17-,20-,21-,22-/m0/s1. The number of pyridine rings is 1. The molecular formula is C27H37N7O5. The quantitative estimate of drug-likeness (QED) is 0.107. The Bertz CT molecular complexity index is 1120. The van der Waals surface area contributed by atoms with Crippen molar-refractivity contribution in [1.82, 2.24) is 20.9 Å². The number of benzene rings is 1. The molecule has 0 aliphatic carbocycles. The molecule has 0 fully saturated rings. The highest BCUT2D eigenvalue weighted by Crippen LogP contribution is 2.12. The Labute approximate surface area is 227 Å². The van der Waals surface area contributed by atoms with Crippen molar-refractivity contribution in [2.45, 2.75) is 57.7 Å². The summed E-state index contributed by atoms with van der Waals surface area (Å²) in [6.45, 7) is 3.84. The second-order valence-electron chi connectivity index (χ2n) is 9.18. The van der Waals surface area contributed by atoms with Crippen molar-refractivity contribution in [2.75, 3.05) is 6.54 Å². The van der Waals surface area contributed by atoms with E-state index in [1.54, 1.807) is 19.1 Å². The zero-order valence-corrected chi connectivity index (χ0v) is 22.2. The van der Waals surface area contributed by atoms with Crippen LogP contribution in [0.3, 0.4) is 0 Å². The first kappa shape index (κ1) is 30.7. The second kappa shape index (κ2) is 15.7. The molecule has 0 spiro atoms. The van der Waals surface area contributed by atoms with Crippen LogP contribution in [-0.4, -0.2) is 64.4 Å². The van der Waals surface area contributed by atoms with Crippen LogP contribution in [0.4, 0.5) is 0 Å². The third-order valence-corrected chi connectivity index (χ3v) is 6.18. The van der Waals surface area contributed by atoms with Gasteiger partial charge in [0.2, 0.25) is 11.8 Å². The van der Waals surface area contributed by atoms with E-state index >= 15 is 0 Å². The molecule has 12 heteroatoms. The van der Waals surface area contributed by atoms with Crippen molar-refractivity contribution < 1.29 is 24.3 Å². The first-order valence-electron chi connectivity index (χ1n) is 12.8. The van der Waals surface area contributed by atoms with Gasteiger partial charge in [0.05, 0.1) is 5.56 Å². The van der Waals surface area contributed by atoms with Gasteiger partial charge >= 0.3 is 5.97 Å². The molecule has 0 aliphatic heterocycles. The molecule has 1 aromatic heterocycles. The Balaban J connectivity index is 2.20. The van der Waals surface area contributed by atoms with Gasteiger partial charge in [-0.05, 0) is 36.5 Å². The molecule has 3 amide bonds. The number of hydrogen-bond donors (Lipinski definition) is 6. The van der Waals surface area contributed by atoms with Crippen LogP contribution in [0.15, 0.2) is 59.9 Å². The Morgan fingerprint density at radius 2 is 1.69 bits per heavy atom. The number of aromatic nitrogens is 1. The number of carboxylic acids is 1. The van der Waals surface area contributed by atoms with E-state index in [-0.39, 0.29) is 36.8 Å². The molecule has 12 nitrogen and oxygen atoms in total. The minimum Gasteiger partial charge on any atom is -0.480 e. The van der Waals surface area contributed by atoms with Crippen LogP contribution in [0.25, 0.3) is 0 Å². The summed E-state index contributed by atoms with van der Waals surface area (Å²) in [6.07, 6.45) is 4.06. The van der Waals surface area contributed by atoms with E-state index in [0.29, 0.717) is 12.8 Å². The first-order valence-corrected chi connectivity index (χ1v) is 12.8. The number of guanidine groups is 1. The summed E-state index contributed by atoms with van der Waals surface area (Å²) in [5.41, 5.74) is 11.7. The zero-order chi connectivity index (χ0) is 28.8. The Hall–Kier alpha value is -4.48. The molecule has 0 bridgehead atoms. The maximum Gasteiger partial charge on any atom is 0.326 e. The van der Waals surface area contributed by atoms with Gasteiger partial charge in [-0.1, -0.05) is 50.6 Å². The maximum atomic E-state index is 13.5. The largest absolute Gasteiger partial charge is 0.480 e. The normalized spacial score (nSPS) is 13.7. The predicted octanol–water partition coefficient (Wildman–Crippen LogP) is 0.577. The highest BCUT2D eigenvalue weighted by Gasteiger charge is 2.32. The molecule has 0 saturated carbocycles. The van der Waals surface area contributed by atoms with Crippen molar-refractivity contribution in [3.8, 4) is 0 Å². The van der Waals surface area contributed by atoms with Crippen molar-refractivity contribution in [3.63, 3.8) is 0 Å². The van der Waals surface area contributed by atoms with Gasteiger partial charge in [-0.25, -0.2) is 4.79 Å². The van der Waals surface area contributed by atoms with Crippen molar-refractivity contribution in [1.29, 1.82) is 0 Å². The molecule has 0 aliphatic rings. The van der Waals surface area contributed by atoms with E-state index in [0.717, 1.165) is 5.56 Å². The van der Waals surface area contributed by atoms with Gasteiger partial charge in [0.25, 0.3) is 5.91 Å². The smallest absolute Gasteiger partial charge is 0.326 e. The third-order valence-electron chi connectivity index (χ3n) is 6.18. The number of rotatable bonds is 15. The van der Waals surface area contributed by atoms with Crippen molar-refractivity contribution in [2.24, 2.45) is 22.4 Å². The minimum atomic E-state index is -1.21. The van der Waals surface area contributed by atoms with E-state index in [1.165, 1.54) is 12.4 Å². The number of hydrogen-bond acceptors (Lipinski definition) is 6. The number of carbonyl (C=O) groups is 4. The lowest BCUT2D eigenvalue weighted by atomic mass is 9.96. The highest BCUT2D eigenvalue weighted by atomic mass is 16.4. The second-order valence-corrected chi connectivity index (χ2v) is 9.18. The van der Waals surface area contributed by atoms with Gasteiger partial charge in [0.15, 0.2) is 5.96 Å². The van der Waals surface area contributed by atoms with E-state index in [2.05, 4.69) is 25.9 Å². The number of aliphatic imine (C=N–C) groups is 1. The predicted molar refractivity (Wildman–Crippen MR) is 147 cm³/mol. The molecule has 4 atom stereocenters. The van der Waals surface area contributed by atoms with Gasteiger partial charge in [0.1, 0.15) is 18.1 Å². The molecule has 0 saturated heterocycles. The summed E-state index contributed by atoms with van der Waals surface area (Å²) in [6, 6.07) is 9.10. The third kappa shape index (κ3) is 10.4. The lowest BCUT2D eigenvalue weighted by molar-refractivity contribution is -0.142. The molecule has 2 rings (SSSR count). The Morgan fingerprint density at radius 1 is 0.974 bits per heavy atom. The monoisotopic (exact) mass is 539 g/mol. The van der Waals surface area contributed by atoms with Crippen LogP contribution in [0.2, 0.25) is 0 Å². The number of carbonyl (C=O) groups excluding carboxylic acids is 3. The fourth-order valence-electron chi connectivity index (χ4n) is 3.78. The lowest BCUT2D eigenvalue weighted by Crippen LogP contribution is -2.58. The van der Waals surface area contributed by atoms with Gasteiger partial charge in [-0.15, -0.1) is 0 Å². The Kier molecular flexibility index (Phi) is 12.4. The van der Waals surface area contributed by atoms with Crippen LogP contribution < -0.4 is 27.4 Å². The number of nitrogens with zero attached hydrogens (tertiary/aromatic N) is 2. The molecule has 1 heterocycles. The maximum absolute atomic E-state index is 13.5. The summed E-state index contributed by atoms with van der Waals surface area (Å²) in [7, 11) is 0. The molecule has 0 radical (unpaired) electrons. The SMILES string of the molecule is CC[C@H](C)[C@H](NC(=O)[C@H](Cc1ccccc1)NC(=O)c1cccnc1)C(=O)N[C@@H](CCCN=C(N)N)C(=O)O. The molecule has 1 aromatic carbocycles. The first-order chi connectivity index (χ1) is 18.6. The fourth-order valence-corrected chi connectivity index (χ4v) is 3.78. The van der Waals surface area contributed by atoms with Crippen LogP contribution in [-0.2, 0) is 20.8 Å². The number of aliphatic carboxylic acids is 1. The summed E-state index contributed by atoms with van der Waals surface area (Å²) in [4.78, 5) is 59.1. The van der Waals surface area contributed by atoms with Gasteiger partial charge in [-0.3, -0.25) is 24.4 Å². The van der Waals surface area contributed by atoms with E-state index in [1.807, 2.05) is 37.3 Å². The summed E-state index contributed by atoms with van der Waals surface area (Å²) in [5, 5.41) is 17.6. The molecule has 0 unspecified atom stereocenters. The molecule has 210 valence electrons. The summed E-state index contributed by atoms with van der Waals surface area (Å²) < 4.78 is 0. The summed E-state index contributed by atoms with van der Waals surface area (Å²) in [5.74, 6) is -3.34. The minimum absolute atomic E-state index is 0.0941. The Morgan fingerprint density at radius 3 is 2.28 bits per heavy atom.